The molecule has 0 spiro atoms. The first kappa shape index (κ1) is 16.5. The molecule has 0 heterocycles. The van der Waals surface area contributed by atoms with E-state index < -0.39 is 0 Å². The maximum Gasteiger partial charge on any atom is 0.255 e. The lowest BCUT2D eigenvalue weighted by Gasteiger charge is -2.09. The third kappa shape index (κ3) is 4.12. The van der Waals surface area contributed by atoms with Gasteiger partial charge in [0.2, 0.25) is 0 Å². The molecule has 25 heavy (non-hydrogen) atoms. The normalized spacial score (nSPS) is 10.1. The SMILES string of the molecule is Cc1ccccc1C(=O)Nc1cccc(C(=O)Nc2ccccc2)c1. The van der Waals surface area contributed by atoms with Gasteiger partial charge in [-0.25, -0.2) is 0 Å². The van der Waals surface area contributed by atoms with Crippen molar-refractivity contribution >= 4 is 23.2 Å². The first-order valence-electron chi connectivity index (χ1n) is 7.97. The summed E-state index contributed by atoms with van der Waals surface area (Å²) in [6, 6.07) is 23.5. The molecule has 0 fully saturated rings. The van der Waals surface area contributed by atoms with E-state index in [4.69, 9.17) is 0 Å². The second kappa shape index (κ2) is 7.45. The summed E-state index contributed by atoms with van der Waals surface area (Å²) in [4.78, 5) is 24.7. The average Bonchev–Trinajstić information content (AvgIpc) is 2.63. The number of carbonyl (C=O) groups excluding carboxylic acids is 2. The van der Waals surface area contributed by atoms with Crippen LogP contribution in [-0.2, 0) is 0 Å². The Bertz CT molecular complexity index is 905. The van der Waals surface area contributed by atoms with Gasteiger partial charge in [-0.1, -0.05) is 42.5 Å². The number of nitrogens with one attached hydrogen (secondary N) is 2. The first-order chi connectivity index (χ1) is 12.1. The van der Waals surface area contributed by atoms with Crippen molar-refractivity contribution in [2.24, 2.45) is 0 Å². The standard InChI is InChI=1S/C21H18N2O2/c1-15-8-5-6-13-19(15)21(25)23-18-12-7-9-16(14-18)20(24)22-17-10-3-2-4-11-17/h2-14H,1H3,(H,22,24)(H,23,25). The number of amides is 2. The van der Waals surface area contributed by atoms with E-state index in [-0.39, 0.29) is 11.8 Å². The van der Waals surface area contributed by atoms with Crippen LogP contribution in [0.1, 0.15) is 26.3 Å². The monoisotopic (exact) mass is 330 g/mol. The number of hydrogen-bond donors (Lipinski definition) is 2. The zero-order valence-corrected chi connectivity index (χ0v) is 13.8. The van der Waals surface area contributed by atoms with Gasteiger partial charge in [-0.2, -0.15) is 0 Å². The lowest BCUT2D eigenvalue weighted by atomic mass is 10.1. The van der Waals surface area contributed by atoms with E-state index in [2.05, 4.69) is 10.6 Å². The molecule has 2 amide bonds. The summed E-state index contributed by atoms with van der Waals surface area (Å²) in [7, 11) is 0. The van der Waals surface area contributed by atoms with Gasteiger partial charge in [0, 0.05) is 22.5 Å². The summed E-state index contributed by atoms with van der Waals surface area (Å²) in [5, 5.41) is 5.67. The quantitative estimate of drug-likeness (QED) is 0.740. The summed E-state index contributed by atoms with van der Waals surface area (Å²) in [5.74, 6) is -0.420. The van der Waals surface area contributed by atoms with E-state index in [1.165, 1.54) is 0 Å². The minimum absolute atomic E-state index is 0.196. The summed E-state index contributed by atoms with van der Waals surface area (Å²) in [5.41, 5.74) is 3.29. The molecule has 4 heteroatoms. The maximum atomic E-state index is 12.4. The largest absolute Gasteiger partial charge is 0.322 e. The van der Waals surface area contributed by atoms with Crippen molar-refractivity contribution in [1.29, 1.82) is 0 Å². The van der Waals surface area contributed by atoms with Crippen LogP contribution < -0.4 is 10.6 Å². The van der Waals surface area contributed by atoms with Gasteiger partial charge in [0.25, 0.3) is 11.8 Å². The Kier molecular flexibility index (Phi) is 4.90. The van der Waals surface area contributed by atoms with Crippen LogP contribution in [0.5, 0.6) is 0 Å². The Balaban J connectivity index is 1.74. The van der Waals surface area contributed by atoms with Gasteiger partial charge >= 0.3 is 0 Å². The van der Waals surface area contributed by atoms with Gasteiger partial charge in [-0.15, -0.1) is 0 Å². The molecule has 0 radical (unpaired) electrons. The zero-order valence-electron chi connectivity index (χ0n) is 13.8. The van der Waals surface area contributed by atoms with E-state index in [1.54, 1.807) is 30.3 Å². The molecule has 0 aliphatic heterocycles. The molecule has 0 saturated heterocycles. The molecule has 2 N–H and O–H groups in total. The van der Waals surface area contributed by atoms with Gasteiger partial charge in [0.15, 0.2) is 0 Å². The van der Waals surface area contributed by atoms with Crippen LogP contribution in [0.2, 0.25) is 0 Å². The predicted molar refractivity (Wildman–Crippen MR) is 100.0 cm³/mol. The number of benzene rings is 3. The Morgan fingerprint density at radius 1 is 0.680 bits per heavy atom. The fourth-order valence-corrected chi connectivity index (χ4v) is 2.49. The summed E-state index contributed by atoms with van der Waals surface area (Å²) >= 11 is 0. The highest BCUT2D eigenvalue weighted by Gasteiger charge is 2.11. The summed E-state index contributed by atoms with van der Waals surface area (Å²) < 4.78 is 0. The minimum Gasteiger partial charge on any atom is -0.322 e. The highest BCUT2D eigenvalue weighted by molar-refractivity contribution is 6.07. The summed E-state index contributed by atoms with van der Waals surface area (Å²) in [6.45, 7) is 1.89. The number of para-hydroxylation sites is 1. The highest BCUT2D eigenvalue weighted by Crippen LogP contribution is 2.16. The van der Waals surface area contributed by atoms with Gasteiger partial charge in [-0.05, 0) is 48.9 Å². The van der Waals surface area contributed by atoms with Crippen molar-refractivity contribution in [3.8, 4) is 0 Å². The van der Waals surface area contributed by atoms with Crippen LogP contribution >= 0.6 is 0 Å². The zero-order chi connectivity index (χ0) is 17.6. The molecule has 0 bridgehead atoms. The Morgan fingerprint density at radius 2 is 1.32 bits per heavy atom. The third-order valence-electron chi connectivity index (χ3n) is 3.80. The second-order valence-electron chi connectivity index (χ2n) is 5.67. The molecule has 0 aliphatic carbocycles. The van der Waals surface area contributed by atoms with Gasteiger partial charge in [0.1, 0.15) is 0 Å². The van der Waals surface area contributed by atoms with E-state index in [9.17, 15) is 9.59 Å². The van der Waals surface area contributed by atoms with Crippen LogP contribution in [0.25, 0.3) is 0 Å². The van der Waals surface area contributed by atoms with Crippen LogP contribution in [0.4, 0.5) is 11.4 Å². The predicted octanol–water partition coefficient (Wildman–Crippen LogP) is 4.50. The van der Waals surface area contributed by atoms with Crippen molar-refractivity contribution in [1.82, 2.24) is 0 Å². The molecule has 0 unspecified atom stereocenters. The Hall–Kier alpha value is -3.40. The van der Waals surface area contributed by atoms with Crippen molar-refractivity contribution in [3.63, 3.8) is 0 Å². The fourth-order valence-electron chi connectivity index (χ4n) is 2.49. The number of carbonyl (C=O) groups is 2. The average molecular weight is 330 g/mol. The van der Waals surface area contributed by atoms with E-state index >= 15 is 0 Å². The third-order valence-corrected chi connectivity index (χ3v) is 3.80. The van der Waals surface area contributed by atoms with Gasteiger partial charge in [0.05, 0.1) is 0 Å². The Labute approximate surface area is 146 Å². The Morgan fingerprint density at radius 3 is 2.08 bits per heavy atom. The van der Waals surface area contributed by atoms with Crippen LogP contribution in [-0.4, -0.2) is 11.8 Å². The second-order valence-corrected chi connectivity index (χ2v) is 5.67. The molecule has 0 aliphatic rings. The molecule has 0 saturated carbocycles. The van der Waals surface area contributed by atoms with E-state index in [1.807, 2.05) is 55.5 Å². The molecule has 3 aromatic carbocycles. The lowest BCUT2D eigenvalue weighted by molar-refractivity contribution is 0.101. The fraction of sp³-hybridized carbons (Fsp3) is 0.0476. The van der Waals surface area contributed by atoms with Crippen LogP contribution in [0, 0.1) is 6.92 Å². The maximum absolute atomic E-state index is 12.4. The molecular formula is C21H18N2O2. The molecule has 0 aromatic heterocycles. The van der Waals surface area contributed by atoms with E-state index in [0.29, 0.717) is 16.8 Å². The lowest BCUT2D eigenvalue weighted by Crippen LogP contribution is -2.15. The molecule has 4 nitrogen and oxygen atoms in total. The molecule has 0 atom stereocenters. The molecule has 124 valence electrons. The van der Waals surface area contributed by atoms with Crippen molar-refractivity contribution in [2.75, 3.05) is 10.6 Å². The number of rotatable bonds is 4. The topological polar surface area (TPSA) is 58.2 Å². The van der Waals surface area contributed by atoms with E-state index in [0.717, 1.165) is 11.3 Å². The first-order valence-corrected chi connectivity index (χ1v) is 7.97. The van der Waals surface area contributed by atoms with Crippen molar-refractivity contribution < 1.29 is 9.59 Å². The summed E-state index contributed by atoms with van der Waals surface area (Å²) in [6.07, 6.45) is 0. The minimum atomic E-state index is -0.224. The molecule has 3 aromatic rings. The smallest absolute Gasteiger partial charge is 0.255 e. The van der Waals surface area contributed by atoms with Crippen LogP contribution in [0.15, 0.2) is 78.9 Å². The van der Waals surface area contributed by atoms with Crippen molar-refractivity contribution in [2.45, 2.75) is 6.92 Å². The van der Waals surface area contributed by atoms with Gasteiger partial charge < -0.3 is 10.6 Å². The molecule has 3 rings (SSSR count). The van der Waals surface area contributed by atoms with Crippen molar-refractivity contribution in [3.05, 3.63) is 95.6 Å². The van der Waals surface area contributed by atoms with Gasteiger partial charge in [-0.3, -0.25) is 9.59 Å². The highest BCUT2D eigenvalue weighted by atomic mass is 16.2. The van der Waals surface area contributed by atoms with Crippen LogP contribution in [0.3, 0.4) is 0 Å². The number of hydrogen-bond acceptors (Lipinski definition) is 2. The number of anilines is 2. The molecular weight excluding hydrogens is 312 g/mol. The number of aryl methyl sites for hydroxylation is 1.